The van der Waals surface area contributed by atoms with Crippen molar-refractivity contribution in [3.8, 4) is 0 Å². The van der Waals surface area contributed by atoms with Crippen molar-refractivity contribution in [1.82, 2.24) is 9.80 Å². The fourth-order valence-corrected chi connectivity index (χ4v) is 3.18. The van der Waals surface area contributed by atoms with Gasteiger partial charge in [0.1, 0.15) is 0 Å². The zero-order valence-corrected chi connectivity index (χ0v) is 13.4. The van der Waals surface area contributed by atoms with Gasteiger partial charge in [0, 0.05) is 36.6 Å². The molecule has 1 atom stereocenters. The number of amides is 1. The molecule has 0 spiro atoms. The number of rotatable bonds is 3. The monoisotopic (exact) mass is 311 g/mol. The number of benzene rings is 1. The third kappa shape index (κ3) is 3.54. The third-order valence-corrected chi connectivity index (χ3v) is 4.88. The molecule has 1 aromatic carbocycles. The Labute approximate surface area is 125 Å². The number of hydrogen-bond acceptors (Lipinski definition) is 5. The summed E-state index contributed by atoms with van der Waals surface area (Å²) in [6, 6.07) is 4.64. The largest absolute Gasteiger partial charge is 0.399 e. The van der Waals surface area contributed by atoms with Crippen molar-refractivity contribution in [2.24, 2.45) is 0 Å². The quantitative estimate of drug-likeness (QED) is 0.819. The van der Waals surface area contributed by atoms with Crippen LogP contribution in [0, 0.1) is 0 Å². The Hall–Kier alpha value is -1.60. The zero-order valence-electron chi connectivity index (χ0n) is 12.5. The van der Waals surface area contributed by atoms with Gasteiger partial charge in [-0.2, -0.15) is 0 Å². The van der Waals surface area contributed by atoms with Gasteiger partial charge in [0.25, 0.3) is 5.91 Å². The molecule has 1 aliphatic heterocycles. The Morgan fingerprint density at radius 3 is 2.52 bits per heavy atom. The van der Waals surface area contributed by atoms with Crippen molar-refractivity contribution in [2.75, 3.05) is 39.2 Å². The van der Waals surface area contributed by atoms with E-state index in [1.165, 1.54) is 18.2 Å². The van der Waals surface area contributed by atoms with E-state index in [-0.39, 0.29) is 16.5 Å². The average molecular weight is 311 g/mol. The van der Waals surface area contributed by atoms with Crippen LogP contribution in [-0.4, -0.2) is 63.6 Å². The Balaban J connectivity index is 2.26. The van der Waals surface area contributed by atoms with Crippen LogP contribution in [0.25, 0.3) is 0 Å². The molecule has 21 heavy (non-hydrogen) atoms. The molecule has 2 rings (SSSR count). The van der Waals surface area contributed by atoms with E-state index in [0.717, 1.165) is 12.7 Å². The standard InChI is InChI=1S/C14H21N3O3S/c1-16(2)12-4-5-17(9-12)14(18)10-6-11(15)8-13(7-10)21(3,19)20/h6-8,12H,4-5,9,15H2,1-3H3. The SMILES string of the molecule is CN(C)C1CCN(C(=O)c2cc(N)cc(S(C)(=O)=O)c2)C1. The molecule has 0 aliphatic carbocycles. The first-order valence-corrected chi connectivity index (χ1v) is 8.64. The number of anilines is 1. The first kappa shape index (κ1) is 15.8. The summed E-state index contributed by atoms with van der Waals surface area (Å²) in [6.45, 7) is 1.32. The highest BCUT2D eigenvalue weighted by Crippen LogP contribution is 2.21. The zero-order chi connectivity index (χ0) is 15.8. The van der Waals surface area contributed by atoms with Gasteiger partial charge in [-0.1, -0.05) is 0 Å². The highest BCUT2D eigenvalue weighted by atomic mass is 32.2. The Bertz CT molecular complexity index is 655. The van der Waals surface area contributed by atoms with Gasteiger partial charge < -0.3 is 15.5 Å². The summed E-state index contributed by atoms with van der Waals surface area (Å²) < 4.78 is 23.3. The van der Waals surface area contributed by atoms with E-state index in [2.05, 4.69) is 4.90 Å². The van der Waals surface area contributed by atoms with Gasteiger partial charge in [0.2, 0.25) is 0 Å². The van der Waals surface area contributed by atoms with E-state index in [9.17, 15) is 13.2 Å². The van der Waals surface area contributed by atoms with Crippen molar-refractivity contribution >= 4 is 21.4 Å². The van der Waals surface area contributed by atoms with Crippen LogP contribution in [0.4, 0.5) is 5.69 Å². The molecule has 1 unspecified atom stereocenters. The molecule has 1 fully saturated rings. The van der Waals surface area contributed by atoms with Crippen molar-refractivity contribution < 1.29 is 13.2 Å². The number of carbonyl (C=O) groups excluding carboxylic acids is 1. The molecule has 0 radical (unpaired) electrons. The van der Waals surface area contributed by atoms with Gasteiger partial charge in [-0.3, -0.25) is 4.79 Å². The Morgan fingerprint density at radius 2 is 2.00 bits per heavy atom. The van der Waals surface area contributed by atoms with Crippen LogP contribution in [0.15, 0.2) is 23.1 Å². The smallest absolute Gasteiger partial charge is 0.254 e. The van der Waals surface area contributed by atoms with Crippen molar-refractivity contribution in [3.63, 3.8) is 0 Å². The molecule has 116 valence electrons. The van der Waals surface area contributed by atoms with Gasteiger partial charge in [-0.15, -0.1) is 0 Å². The van der Waals surface area contributed by atoms with Gasteiger partial charge >= 0.3 is 0 Å². The van der Waals surface area contributed by atoms with Gasteiger partial charge in [-0.05, 0) is 38.7 Å². The Morgan fingerprint density at radius 1 is 1.33 bits per heavy atom. The average Bonchev–Trinajstić information content (AvgIpc) is 2.85. The minimum atomic E-state index is -3.39. The molecule has 7 heteroatoms. The van der Waals surface area contributed by atoms with Gasteiger partial charge in [-0.25, -0.2) is 8.42 Å². The van der Waals surface area contributed by atoms with Crippen LogP contribution in [0.2, 0.25) is 0 Å². The minimum absolute atomic E-state index is 0.0780. The lowest BCUT2D eigenvalue weighted by molar-refractivity contribution is 0.0783. The van der Waals surface area contributed by atoms with Crippen LogP contribution < -0.4 is 5.73 Å². The highest BCUT2D eigenvalue weighted by molar-refractivity contribution is 7.90. The van der Waals surface area contributed by atoms with Crippen LogP contribution in [0.5, 0.6) is 0 Å². The fourth-order valence-electron chi connectivity index (χ4n) is 2.49. The van der Waals surface area contributed by atoms with E-state index in [1.807, 2.05) is 14.1 Å². The summed E-state index contributed by atoms with van der Waals surface area (Å²) in [5, 5.41) is 0. The number of likely N-dealkylation sites (tertiary alicyclic amines) is 1. The van der Waals surface area contributed by atoms with Crippen molar-refractivity contribution in [1.29, 1.82) is 0 Å². The number of carbonyl (C=O) groups is 1. The van der Waals surface area contributed by atoms with Crippen LogP contribution in [0.1, 0.15) is 16.8 Å². The summed E-state index contributed by atoms with van der Waals surface area (Å²) in [5.74, 6) is -0.170. The normalized spacial score (nSPS) is 19.2. The summed E-state index contributed by atoms with van der Waals surface area (Å²) >= 11 is 0. The second kappa shape index (κ2) is 5.65. The lowest BCUT2D eigenvalue weighted by atomic mass is 10.2. The predicted molar refractivity (Wildman–Crippen MR) is 82.0 cm³/mol. The molecular weight excluding hydrogens is 290 g/mol. The van der Waals surface area contributed by atoms with Crippen LogP contribution >= 0.6 is 0 Å². The first-order valence-electron chi connectivity index (χ1n) is 6.75. The molecule has 1 heterocycles. The van der Waals surface area contributed by atoms with E-state index >= 15 is 0 Å². The van der Waals surface area contributed by atoms with Crippen LogP contribution in [-0.2, 0) is 9.84 Å². The first-order chi connectivity index (χ1) is 9.68. The number of nitrogens with zero attached hydrogens (tertiary/aromatic N) is 2. The van der Waals surface area contributed by atoms with E-state index < -0.39 is 9.84 Å². The second-order valence-corrected chi connectivity index (χ2v) is 7.74. The lowest BCUT2D eigenvalue weighted by Crippen LogP contribution is -2.34. The summed E-state index contributed by atoms with van der Waals surface area (Å²) in [4.78, 5) is 16.4. The number of likely N-dealkylation sites (N-methyl/N-ethyl adjacent to an activating group) is 1. The maximum Gasteiger partial charge on any atom is 0.254 e. The Kier molecular flexibility index (Phi) is 4.25. The van der Waals surface area contributed by atoms with Crippen LogP contribution in [0.3, 0.4) is 0 Å². The molecule has 0 bridgehead atoms. The second-order valence-electron chi connectivity index (χ2n) is 5.72. The number of sulfone groups is 1. The summed E-state index contributed by atoms with van der Waals surface area (Å²) in [5.41, 5.74) is 6.34. The highest BCUT2D eigenvalue weighted by Gasteiger charge is 2.28. The molecule has 1 saturated heterocycles. The maximum absolute atomic E-state index is 12.5. The fraction of sp³-hybridized carbons (Fsp3) is 0.500. The van der Waals surface area contributed by atoms with E-state index in [1.54, 1.807) is 4.90 Å². The molecule has 1 aromatic rings. The van der Waals surface area contributed by atoms with E-state index in [0.29, 0.717) is 24.7 Å². The van der Waals surface area contributed by atoms with Crippen molar-refractivity contribution in [2.45, 2.75) is 17.4 Å². The molecule has 1 aliphatic rings. The predicted octanol–water partition coefficient (Wildman–Crippen LogP) is 0.448. The van der Waals surface area contributed by atoms with Crippen molar-refractivity contribution in [3.05, 3.63) is 23.8 Å². The lowest BCUT2D eigenvalue weighted by Gasteiger charge is -2.20. The molecule has 2 N–H and O–H groups in total. The molecule has 1 amide bonds. The summed E-state index contributed by atoms with van der Waals surface area (Å²) in [7, 11) is 0.586. The third-order valence-electron chi connectivity index (χ3n) is 3.78. The molecule has 6 nitrogen and oxygen atoms in total. The molecule has 0 aromatic heterocycles. The topological polar surface area (TPSA) is 83.7 Å². The molecular formula is C14H21N3O3S. The summed E-state index contributed by atoms with van der Waals surface area (Å²) in [6.07, 6.45) is 2.02. The number of nitrogen functional groups attached to an aromatic ring is 1. The number of nitrogens with two attached hydrogens (primary N) is 1. The minimum Gasteiger partial charge on any atom is -0.399 e. The molecule has 0 saturated carbocycles. The maximum atomic E-state index is 12.5. The van der Waals surface area contributed by atoms with Gasteiger partial charge in [0.05, 0.1) is 4.90 Å². The van der Waals surface area contributed by atoms with Gasteiger partial charge in [0.15, 0.2) is 9.84 Å². The van der Waals surface area contributed by atoms with E-state index in [4.69, 9.17) is 5.73 Å². The number of hydrogen-bond donors (Lipinski definition) is 1.